The standard InChI is InChI=1S/C17H18FNO2/c1-11-4-5-13(8-12(11)2)10-19-16-9-14(17(20)21-3)6-7-15(16)18/h4-9,19H,10H2,1-3H3. The normalized spacial score (nSPS) is 10.3. The Hall–Kier alpha value is -2.36. The quantitative estimate of drug-likeness (QED) is 0.868. The molecular weight excluding hydrogens is 269 g/mol. The van der Waals surface area contributed by atoms with Crippen LogP contribution in [0.5, 0.6) is 0 Å². The molecule has 0 atom stereocenters. The third-order valence-electron chi connectivity index (χ3n) is 3.44. The van der Waals surface area contributed by atoms with Crippen LogP contribution in [0.2, 0.25) is 0 Å². The number of nitrogens with one attached hydrogen (secondary N) is 1. The zero-order valence-corrected chi connectivity index (χ0v) is 12.4. The molecule has 2 aromatic carbocycles. The van der Waals surface area contributed by atoms with E-state index < -0.39 is 11.8 Å². The SMILES string of the molecule is COC(=O)c1ccc(F)c(NCc2ccc(C)c(C)c2)c1. The van der Waals surface area contributed by atoms with Crippen LogP contribution in [0.15, 0.2) is 36.4 Å². The number of methoxy groups -OCH3 is 1. The Kier molecular flexibility index (Phi) is 4.58. The molecule has 0 heterocycles. The maximum absolute atomic E-state index is 13.8. The molecular formula is C17H18FNO2. The molecule has 0 aliphatic heterocycles. The summed E-state index contributed by atoms with van der Waals surface area (Å²) in [5.74, 6) is -0.879. The average molecular weight is 287 g/mol. The van der Waals surface area contributed by atoms with E-state index in [0.29, 0.717) is 12.1 Å². The highest BCUT2D eigenvalue weighted by molar-refractivity contribution is 5.90. The third kappa shape index (κ3) is 3.60. The lowest BCUT2D eigenvalue weighted by Crippen LogP contribution is -2.06. The van der Waals surface area contributed by atoms with E-state index in [0.717, 1.165) is 5.56 Å². The molecule has 2 rings (SSSR count). The van der Waals surface area contributed by atoms with Crippen molar-refractivity contribution in [2.75, 3.05) is 12.4 Å². The predicted octanol–water partition coefficient (Wildman–Crippen LogP) is 3.84. The first-order valence-corrected chi connectivity index (χ1v) is 6.69. The second kappa shape index (κ2) is 6.39. The van der Waals surface area contributed by atoms with Crippen molar-refractivity contribution in [1.82, 2.24) is 0 Å². The van der Waals surface area contributed by atoms with Gasteiger partial charge in [-0.25, -0.2) is 9.18 Å². The summed E-state index contributed by atoms with van der Waals surface area (Å²) in [4.78, 5) is 11.5. The molecule has 0 aliphatic rings. The summed E-state index contributed by atoms with van der Waals surface area (Å²) in [6, 6.07) is 10.2. The maximum Gasteiger partial charge on any atom is 0.337 e. The van der Waals surface area contributed by atoms with Crippen LogP contribution in [0.3, 0.4) is 0 Å². The summed E-state index contributed by atoms with van der Waals surface area (Å²) in [6.07, 6.45) is 0. The third-order valence-corrected chi connectivity index (χ3v) is 3.44. The van der Waals surface area contributed by atoms with E-state index in [2.05, 4.69) is 16.1 Å². The first-order valence-electron chi connectivity index (χ1n) is 6.69. The van der Waals surface area contributed by atoms with Gasteiger partial charge in [0, 0.05) is 6.54 Å². The van der Waals surface area contributed by atoms with E-state index in [4.69, 9.17) is 0 Å². The van der Waals surface area contributed by atoms with Crippen molar-refractivity contribution in [3.63, 3.8) is 0 Å². The molecule has 0 saturated heterocycles. The van der Waals surface area contributed by atoms with E-state index in [1.165, 1.54) is 36.4 Å². The molecule has 4 heteroatoms. The topological polar surface area (TPSA) is 38.3 Å². The second-order valence-corrected chi connectivity index (χ2v) is 4.96. The summed E-state index contributed by atoms with van der Waals surface area (Å²) >= 11 is 0. The molecule has 0 aromatic heterocycles. The Bertz CT molecular complexity index is 668. The Morgan fingerprint density at radius 2 is 1.90 bits per heavy atom. The van der Waals surface area contributed by atoms with Crippen molar-refractivity contribution in [3.8, 4) is 0 Å². The number of carbonyl (C=O) groups is 1. The lowest BCUT2D eigenvalue weighted by molar-refractivity contribution is 0.0600. The van der Waals surface area contributed by atoms with Gasteiger partial charge in [-0.05, 0) is 48.7 Å². The summed E-state index contributed by atoms with van der Waals surface area (Å²) in [5.41, 5.74) is 4.08. The van der Waals surface area contributed by atoms with E-state index >= 15 is 0 Å². The molecule has 0 saturated carbocycles. The highest BCUT2D eigenvalue weighted by Gasteiger charge is 2.09. The fraction of sp³-hybridized carbons (Fsp3) is 0.235. The van der Waals surface area contributed by atoms with Gasteiger partial charge >= 0.3 is 5.97 Å². The van der Waals surface area contributed by atoms with Crippen LogP contribution in [0.1, 0.15) is 27.0 Å². The zero-order valence-electron chi connectivity index (χ0n) is 12.4. The Labute approximate surface area is 123 Å². The van der Waals surface area contributed by atoms with Gasteiger partial charge in [-0.3, -0.25) is 0 Å². The summed E-state index contributed by atoms with van der Waals surface area (Å²) in [6.45, 7) is 4.58. The molecule has 0 aliphatic carbocycles. The van der Waals surface area contributed by atoms with Crippen LogP contribution in [-0.4, -0.2) is 13.1 Å². The number of aryl methyl sites for hydroxylation is 2. The van der Waals surface area contributed by atoms with Crippen LogP contribution in [0, 0.1) is 19.7 Å². The molecule has 21 heavy (non-hydrogen) atoms. The number of benzene rings is 2. The summed E-state index contributed by atoms with van der Waals surface area (Å²) < 4.78 is 18.4. The number of halogens is 1. The van der Waals surface area contributed by atoms with E-state index in [9.17, 15) is 9.18 Å². The lowest BCUT2D eigenvalue weighted by Gasteiger charge is -2.10. The number of anilines is 1. The second-order valence-electron chi connectivity index (χ2n) is 4.96. The van der Waals surface area contributed by atoms with Crippen LogP contribution < -0.4 is 5.32 Å². The number of carbonyl (C=O) groups excluding carboxylic acids is 1. The smallest absolute Gasteiger partial charge is 0.337 e. The van der Waals surface area contributed by atoms with E-state index in [1.54, 1.807) is 0 Å². The minimum Gasteiger partial charge on any atom is -0.465 e. The zero-order chi connectivity index (χ0) is 15.4. The fourth-order valence-corrected chi connectivity index (χ4v) is 2.02. The van der Waals surface area contributed by atoms with E-state index in [1.807, 2.05) is 26.0 Å². The van der Waals surface area contributed by atoms with Crippen molar-refractivity contribution in [2.24, 2.45) is 0 Å². The van der Waals surface area contributed by atoms with Gasteiger partial charge in [0.1, 0.15) is 5.82 Å². The fourth-order valence-electron chi connectivity index (χ4n) is 2.02. The largest absolute Gasteiger partial charge is 0.465 e. The van der Waals surface area contributed by atoms with Gasteiger partial charge in [0.15, 0.2) is 0 Å². The molecule has 0 bridgehead atoms. The van der Waals surface area contributed by atoms with Gasteiger partial charge in [0.05, 0.1) is 18.4 Å². The van der Waals surface area contributed by atoms with Crippen LogP contribution in [0.4, 0.5) is 10.1 Å². The molecule has 0 fully saturated rings. The maximum atomic E-state index is 13.8. The monoisotopic (exact) mass is 287 g/mol. The van der Waals surface area contributed by atoms with Gasteiger partial charge in [0.25, 0.3) is 0 Å². The molecule has 0 spiro atoms. The van der Waals surface area contributed by atoms with E-state index in [-0.39, 0.29) is 5.69 Å². The van der Waals surface area contributed by atoms with Crippen LogP contribution in [0.25, 0.3) is 0 Å². The first-order chi connectivity index (χ1) is 10.0. The number of ether oxygens (including phenoxy) is 1. The average Bonchev–Trinajstić information content (AvgIpc) is 2.49. The molecule has 0 unspecified atom stereocenters. The minimum atomic E-state index is -0.482. The molecule has 110 valence electrons. The van der Waals surface area contributed by atoms with Gasteiger partial charge in [-0.1, -0.05) is 18.2 Å². The molecule has 3 nitrogen and oxygen atoms in total. The molecule has 2 aromatic rings. The summed E-state index contributed by atoms with van der Waals surface area (Å²) in [7, 11) is 1.30. The Morgan fingerprint density at radius 1 is 1.14 bits per heavy atom. The Balaban J connectivity index is 2.15. The van der Waals surface area contributed by atoms with Crippen molar-refractivity contribution in [3.05, 3.63) is 64.5 Å². The molecule has 1 N–H and O–H groups in total. The van der Waals surface area contributed by atoms with Crippen molar-refractivity contribution in [2.45, 2.75) is 20.4 Å². The lowest BCUT2D eigenvalue weighted by atomic mass is 10.1. The Morgan fingerprint density at radius 3 is 2.57 bits per heavy atom. The number of hydrogen-bond acceptors (Lipinski definition) is 3. The van der Waals surface area contributed by atoms with Gasteiger partial charge < -0.3 is 10.1 Å². The van der Waals surface area contributed by atoms with Crippen molar-refractivity contribution >= 4 is 11.7 Å². The number of hydrogen-bond donors (Lipinski definition) is 1. The highest BCUT2D eigenvalue weighted by atomic mass is 19.1. The first kappa shape index (κ1) is 15.0. The van der Waals surface area contributed by atoms with Gasteiger partial charge in [-0.15, -0.1) is 0 Å². The van der Waals surface area contributed by atoms with Crippen LogP contribution in [-0.2, 0) is 11.3 Å². The molecule has 0 amide bonds. The molecule has 0 radical (unpaired) electrons. The van der Waals surface area contributed by atoms with Crippen molar-refractivity contribution < 1.29 is 13.9 Å². The van der Waals surface area contributed by atoms with Crippen LogP contribution >= 0.6 is 0 Å². The summed E-state index contributed by atoms with van der Waals surface area (Å²) in [5, 5.41) is 3.01. The van der Waals surface area contributed by atoms with Crippen molar-refractivity contribution in [1.29, 1.82) is 0 Å². The minimum absolute atomic E-state index is 0.288. The number of rotatable bonds is 4. The van der Waals surface area contributed by atoms with Gasteiger partial charge in [0.2, 0.25) is 0 Å². The highest BCUT2D eigenvalue weighted by Crippen LogP contribution is 2.18. The van der Waals surface area contributed by atoms with Gasteiger partial charge in [-0.2, -0.15) is 0 Å². The number of esters is 1. The predicted molar refractivity (Wildman–Crippen MR) is 81.0 cm³/mol.